The highest BCUT2D eigenvalue weighted by atomic mass is 35.5. The Bertz CT molecular complexity index is 1240. The highest BCUT2D eigenvalue weighted by molar-refractivity contribution is 6.31. The molecule has 0 bridgehead atoms. The van der Waals surface area contributed by atoms with Crippen molar-refractivity contribution in [2.24, 2.45) is 5.92 Å². The molecule has 0 aromatic heterocycles. The Kier molecular flexibility index (Phi) is 5.32. The van der Waals surface area contributed by atoms with Crippen molar-refractivity contribution in [1.29, 1.82) is 0 Å². The van der Waals surface area contributed by atoms with Crippen molar-refractivity contribution in [2.75, 3.05) is 5.06 Å². The van der Waals surface area contributed by atoms with Crippen LogP contribution in [0, 0.1) is 16.0 Å². The summed E-state index contributed by atoms with van der Waals surface area (Å²) in [6, 6.07) is 21.4. The summed E-state index contributed by atoms with van der Waals surface area (Å²) >= 11 is 6.46. The lowest BCUT2D eigenvalue weighted by molar-refractivity contribution is -0.384. The maximum absolute atomic E-state index is 13.5. The molecule has 33 heavy (non-hydrogen) atoms. The van der Waals surface area contributed by atoms with Crippen LogP contribution < -0.4 is 5.06 Å². The van der Waals surface area contributed by atoms with Gasteiger partial charge in [-0.25, -0.2) is 5.06 Å². The number of hydroxylamine groups is 1. The topological polar surface area (TPSA) is 93.0 Å². The van der Waals surface area contributed by atoms with Gasteiger partial charge in [0.15, 0.2) is 6.10 Å². The zero-order valence-electron chi connectivity index (χ0n) is 17.2. The van der Waals surface area contributed by atoms with E-state index < -0.39 is 34.8 Å². The van der Waals surface area contributed by atoms with Crippen LogP contribution in [0.25, 0.3) is 0 Å². The molecule has 0 aliphatic carbocycles. The molecule has 2 heterocycles. The zero-order chi connectivity index (χ0) is 23.1. The molecule has 9 heteroatoms. The number of non-ortho nitro benzene ring substituents is 1. The maximum Gasteiger partial charge on any atom is 0.269 e. The molecule has 2 fully saturated rings. The standard InChI is InChI=1S/C24H18ClN3O5/c25-19-12-11-17(28(31)32)13-18(19)21-20-22(33-27(21)16-9-5-2-6-10-16)24(30)26(23(20)29)14-15-7-3-1-4-8-15/h1-13,20-22H,14H2/t20-,21-,22+/m1/s1. The minimum Gasteiger partial charge on any atom is -0.275 e. The molecule has 0 radical (unpaired) electrons. The maximum atomic E-state index is 13.5. The largest absolute Gasteiger partial charge is 0.275 e. The molecule has 3 atom stereocenters. The van der Waals surface area contributed by atoms with Crippen molar-refractivity contribution in [3.05, 3.63) is 105 Å². The van der Waals surface area contributed by atoms with E-state index in [0.29, 0.717) is 11.3 Å². The van der Waals surface area contributed by atoms with E-state index in [4.69, 9.17) is 16.4 Å². The minimum absolute atomic E-state index is 0.121. The number of carbonyl (C=O) groups excluding carboxylic acids is 2. The summed E-state index contributed by atoms with van der Waals surface area (Å²) in [7, 11) is 0. The van der Waals surface area contributed by atoms with Gasteiger partial charge in [-0.05, 0) is 23.8 Å². The third-order valence-corrected chi connectivity index (χ3v) is 6.25. The minimum atomic E-state index is -1.05. The van der Waals surface area contributed by atoms with Gasteiger partial charge >= 0.3 is 0 Å². The van der Waals surface area contributed by atoms with Crippen molar-refractivity contribution in [1.82, 2.24) is 4.90 Å². The second kappa shape index (κ2) is 8.31. The first-order valence-electron chi connectivity index (χ1n) is 10.3. The summed E-state index contributed by atoms with van der Waals surface area (Å²) in [4.78, 5) is 44.9. The molecule has 0 N–H and O–H groups in total. The van der Waals surface area contributed by atoms with Crippen LogP contribution in [0.3, 0.4) is 0 Å². The summed E-state index contributed by atoms with van der Waals surface area (Å²) in [6.07, 6.45) is -1.05. The second-order valence-electron chi connectivity index (χ2n) is 7.87. The van der Waals surface area contributed by atoms with E-state index in [9.17, 15) is 19.7 Å². The number of amides is 2. The molecule has 8 nitrogen and oxygen atoms in total. The van der Waals surface area contributed by atoms with Crippen LogP contribution in [-0.2, 0) is 21.0 Å². The average Bonchev–Trinajstić information content (AvgIpc) is 3.32. The van der Waals surface area contributed by atoms with Crippen LogP contribution in [0.15, 0.2) is 78.9 Å². The highest BCUT2D eigenvalue weighted by Crippen LogP contribution is 2.49. The fraction of sp³-hybridized carbons (Fsp3) is 0.167. The Hall–Kier alpha value is -3.75. The molecule has 2 saturated heterocycles. The monoisotopic (exact) mass is 463 g/mol. The van der Waals surface area contributed by atoms with E-state index >= 15 is 0 Å². The number of fused-ring (bicyclic) bond motifs is 1. The molecule has 3 aromatic carbocycles. The number of nitro groups is 1. The summed E-state index contributed by atoms with van der Waals surface area (Å²) in [5, 5.41) is 13.1. The van der Waals surface area contributed by atoms with Crippen molar-refractivity contribution >= 4 is 34.8 Å². The summed E-state index contributed by atoms with van der Waals surface area (Å²) < 4.78 is 0. The van der Waals surface area contributed by atoms with Crippen molar-refractivity contribution in [3.63, 3.8) is 0 Å². The van der Waals surface area contributed by atoms with E-state index in [1.165, 1.54) is 28.2 Å². The Labute approximate surface area is 194 Å². The summed E-state index contributed by atoms with van der Waals surface area (Å²) in [5.41, 5.74) is 1.60. The highest BCUT2D eigenvalue weighted by Gasteiger charge is 2.60. The van der Waals surface area contributed by atoms with E-state index in [2.05, 4.69) is 0 Å². The molecule has 2 aliphatic heterocycles. The summed E-state index contributed by atoms with van der Waals surface area (Å²) in [6.45, 7) is 0.121. The Balaban J connectivity index is 1.58. The first kappa shape index (κ1) is 21.1. The van der Waals surface area contributed by atoms with Crippen LogP contribution >= 0.6 is 11.6 Å². The summed E-state index contributed by atoms with van der Waals surface area (Å²) in [5.74, 6) is -1.75. The lowest BCUT2D eigenvalue weighted by atomic mass is 9.90. The quantitative estimate of drug-likeness (QED) is 0.318. The average molecular weight is 464 g/mol. The lowest BCUT2D eigenvalue weighted by Crippen LogP contribution is -2.37. The van der Waals surface area contributed by atoms with Gasteiger partial charge in [0.1, 0.15) is 5.92 Å². The number of para-hydroxylation sites is 1. The van der Waals surface area contributed by atoms with E-state index in [1.807, 2.05) is 36.4 Å². The number of rotatable bonds is 5. The normalized spacial score (nSPS) is 22.0. The van der Waals surface area contributed by atoms with E-state index in [-0.39, 0.29) is 17.3 Å². The number of nitro benzene ring substituents is 1. The first-order chi connectivity index (χ1) is 16.0. The molecule has 3 aromatic rings. The molecule has 2 aliphatic rings. The van der Waals surface area contributed by atoms with Crippen LogP contribution in [0.4, 0.5) is 11.4 Å². The molecule has 0 saturated carbocycles. The van der Waals surface area contributed by atoms with Crippen molar-refractivity contribution in [2.45, 2.75) is 18.7 Å². The van der Waals surface area contributed by atoms with Crippen LogP contribution in [-0.4, -0.2) is 27.7 Å². The Morgan fingerprint density at radius 1 is 0.939 bits per heavy atom. The Morgan fingerprint density at radius 2 is 1.61 bits per heavy atom. The van der Waals surface area contributed by atoms with Gasteiger partial charge in [-0.15, -0.1) is 0 Å². The number of nitrogens with zero attached hydrogens (tertiary/aromatic N) is 3. The molecular weight excluding hydrogens is 446 g/mol. The van der Waals surface area contributed by atoms with Crippen molar-refractivity contribution in [3.8, 4) is 0 Å². The number of hydrogen-bond donors (Lipinski definition) is 0. The van der Waals surface area contributed by atoms with Crippen molar-refractivity contribution < 1.29 is 19.3 Å². The number of halogens is 1. The molecule has 2 amide bonds. The predicted molar refractivity (Wildman–Crippen MR) is 120 cm³/mol. The zero-order valence-corrected chi connectivity index (χ0v) is 18.0. The van der Waals surface area contributed by atoms with Gasteiger partial charge in [-0.1, -0.05) is 60.1 Å². The van der Waals surface area contributed by atoms with Gasteiger partial charge in [0.25, 0.3) is 11.6 Å². The van der Waals surface area contributed by atoms with E-state index in [0.717, 1.165) is 5.56 Å². The molecule has 166 valence electrons. The van der Waals surface area contributed by atoms with Gasteiger partial charge in [0.05, 0.1) is 23.2 Å². The first-order valence-corrected chi connectivity index (χ1v) is 10.7. The van der Waals surface area contributed by atoms with Gasteiger partial charge in [0.2, 0.25) is 5.91 Å². The van der Waals surface area contributed by atoms with E-state index in [1.54, 1.807) is 24.3 Å². The van der Waals surface area contributed by atoms with Gasteiger partial charge in [-0.3, -0.25) is 29.4 Å². The third-order valence-electron chi connectivity index (χ3n) is 5.91. The van der Waals surface area contributed by atoms with Crippen LogP contribution in [0.5, 0.6) is 0 Å². The number of anilines is 1. The van der Waals surface area contributed by atoms with Crippen LogP contribution in [0.2, 0.25) is 5.02 Å². The van der Waals surface area contributed by atoms with Crippen LogP contribution in [0.1, 0.15) is 17.2 Å². The molecular formula is C24H18ClN3O5. The number of imide groups is 1. The third kappa shape index (κ3) is 3.63. The lowest BCUT2D eigenvalue weighted by Gasteiger charge is -2.29. The van der Waals surface area contributed by atoms with Gasteiger partial charge in [0, 0.05) is 22.7 Å². The van der Waals surface area contributed by atoms with Gasteiger partial charge < -0.3 is 0 Å². The number of carbonyl (C=O) groups is 2. The SMILES string of the molecule is O=C1[C@H]2[C@H](ON(c3ccccc3)[C@@H]2c2cc([N+](=O)[O-])ccc2Cl)C(=O)N1Cc1ccccc1. The number of likely N-dealkylation sites (tertiary alicyclic amines) is 1. The van der Waals surface area contributed by atoms with Gasteiger partial charge in [-0.2, -0.15) is 0 Å². The molecule has 0 unspecified atom stereocenters. The Morgan fingerprint density at radius 3 is 2.27 bits per heavy atom. The molecule has 5 rings (SSSR count). The number of hydrogen-bond acceptors (Lipinski definition) is 6. The molecule has 0 spiro atoms. The smallest absolute Gasteiger partial charge is 0.269 e. The second-order valence-corrected chi connectivity index (χ2v) is 8.28. The number of benzene rings is 3. The fourth-order valence-electron chi connectivity index (χ4n) is 4.38. The predicted octanol–water partition coefficient (Wildman–Crippen LogP) is 4.29. The fourth-order valence-corrected chi connectivity index (χ4v) is 4.61.